The molecule has 0 aliphatic carbocycles. The maximum atomic E-state index is 9.52. The Hall–Kier alpha value is -0.420. The third kappa shape index (κ3) is 11.7. The fourth-order valence-electron chi connectivity index (χ4n) is 1.07. The van der Waals surface area contributed by atoms with Crippen molar-refractivity contribution in [2.75, 3.05) is 39.5 Å². The van der Waals surface area contributed by atoms with Crippen LogP contribution in [-0.4, -0.2) is 50.7 Å². The number of aliphatic hydroxyl groups is 1. The van der Waals surface area contributed by atoms with E-state index < -0.39 is 6.10 Å². The third-order valence-electron chi connectivity index (χ3n) is 1.92. The molecule has 0 radical (unpaired) electrons. The molecule has 16 heavy (non-hydrogen) atoms. The van der Waals surface area contributed by atoms with Gasteiger partial charge in [-0.15, -0.1) is 0 Å². The molecule has 1 atom stereocenters. The van der Waals surface area contributed by atoms with Crippen molar-refractivity contribution in [1.29, 1.82) is 0 Å². The zero-order valence-electron chi connectivity index (χ0n) is 10.7. The minimum Gasteiger partial charge on any atom is -0.389 e. The van der Waals surface area contributed by atoms with Crippen molar-refractivity contribution >= 4 is 0 Å². The van der Waals surface area contributed by atoms with Crippen LogP contribution in [0.25, 0.3) is 0 Å². The molecule has 2 N–H and O–H groups in total. The Labute approximate surface area is 98.6 Å². The molecule has 0 spiro atoms. The summed E-state index contributed by atoms with van der Waals surface area (Å²) >= 11 is 0. The second-order valence-corrected chi connectivity index (χ2v) is 3.87. The summed E-state index contributed by atoms with van der Waals surface area (Å²) < 4.78 is 10.4. The number of rotatable bonds is 10. The highest BCUT2D eigenvalue weighted by atomic mass is 16.5. The summed E-state index contributed by atoms with van der Waals surface area (Å²) in [5.74, 6) is 0. The van der Waals surface area contributed by atoms with E-state index in [1.54, 1.807) is 0 Å². The number of allylic oxidation sites excluding steroid dienone is 1. The number of ether oxygens (including phenoxy) is 2. The van der Waals surface area contributed by atoms with Crippen LogP contribution >= 0.6 is 0 Å². The first-order valence-corrected chi connectivity index (χ1v) is 5.84. The molecule has 0 aromatic heterocycles. The molecule has 0 bridgehead atoms. The maximum absolute atomic E-state index is 9.52. The second-order valence-electron chi connectivity index (χ2n) is 3.87. The molecule has 0 aliphatic rings. The van der Waals surface area contributed by atoms with Gasteiger partial charge >= 0.3 is 0 Å². The van der Waals surface area contributed by atoms with Crippen molar-refractivity contribution in [2.24, 2.45) is 0 Å². The van der Waals surface area contributed by atoms with Gasteiger partial charge < -0.3 is 19.9 Å². The predicted molar refractivity (Wildman–Crippen MR) is 65.6 cm³/mol. The summed E-state index contributed by atoms with van der Waals surface area (Å²) in [6.07, 6.45) is 1.63. The molecule has 0 aromatic rings. The Morgan fingerprint density at radius 1 is 1.31 bits per heavy atom. The Balaban J connectivity index is 3.24. The largest absolute Gasteiger partial charge is 0.389 e. The first-order valence-electron chi connectivity index (χ1n) is 5.84. The van der Waals surface area contributed by atoms with E-state index in [2.05, 4.69) is 25.2 Å². The first kappa shape index (κ1) is 15.6. The van der Waals surface area contributed by atoms with E-state index in [1.165, 1.54) is 5.57 Å². The van der Waals surface area contributed by atoms with Crippen LogP contribution in [0.5, 0.6) is 0 Å². The van der Waals surface area contributed by atoms with Gasteiger partial charge in [0.15, 0.2) is 0 Å². The molecule has 0 fully saturated rings. The SMILES string of the molecule is CCOCCOCC(O)CNCC=C(C)C. The summed E-state index contributed by atoms with van der Waals surface area (Å²) in [6.45, 7) is 9.58. The van der Waals surface area contributed by atoms with Gasteiger partial charge in [-0.3, -0.25) is 0 Å². The van der Waals surface area contributed by atoms with Crippen LogP contribution in [0.3, 0.4) is 0 Å². The van der Waals surface area contributed by atoms with Crippen LogP contribution in [0.2, 0.25) is 0 Å². The Morgan fingerprint density at radius 2 is 2.00 bits per heavy atom. The van der Waals surface area contributed by atoms with Crippen LogP contribution in [0, 0.1) is 0 Å². The highest BCUT2D eigenvalue weighted by Crippen LogP contribution is 1.87. The molecule has 0 saturated heterocycles. The van der Waals surface area contributed by atoms with Crippen molar-refractivity contribution in [2.45, 2.75) is 26.9 Å². The van der Waals surface area contributed by atoms with Crippen LogP contribution in [0.1, 0.15) is 20.8 Å². The van der Waals surface area contributed by atoms with Crippen LogP contribution in [0.4, 0.5) is 0 Å². The van der Waals surface area contributed by atoms with Gasteiger partial charge in [-0.1, -0.05) is 11.6 Å². The average molecular weight is 231 g/mol. The summed E-state index contributed by atoms with van der Waals surface area (Å²) in [7, 11) is 0. The van der Waals surface area contributed by atoms with Gasteiger partial charge in [-0.05, 0) is 20.8 Å². The van der Waals surface area contributed by atoms with E-state index >= 15 is 0 Å². The van der Waals surface area contributed by atoms with Crippen LogP contribution < -0.4 is 5.32 Å². The molecule has 0 aromatic carbocycles. The van der Waals surface area contributed by atoms with Crippen LogP contribution in [0.15, 0.2) is 11.6 Å². The highest BCUT2D eigenvalue weighted by Gasteiger charge is 2.02. The lowest BCUT2D eigenvalue weighted by Crippen LogP contribution is -2.31. The fourth-order valence-corrected chi connectivity index (χ4v) is 1.07. The number of aliphatic hydroxyl groups excluding tert-OH is 1. The highest BCUT2D eigenvalue weighted by molar-refractivity contribution is 4.94. The molecule has 0 aliphatic heterocycles. The second kappa shape index (κ2) is 11.1. The molecular weight excluding hydrogens is 206 g/mol. The van der Waals surface area contributed by atoms with E-state index in [9.17, 15) is 5.11 Å². The number of nitrogens with one attached hydrogen (secondary N) is 1. The zero-order chi connectivity index (χ0) is 12.2. The Kier molecular flexibility index (Phi) is 10.8. The quantitative estimate of drug-likeness (QED) is 0.434. The number of hydrogen-bond donors (Lipinski definition) is 2. The Bertz CT molecular complexity index is 179. The van der Waals surface area contributed by atoms with Gasteiger partial charge in [0.05, 0.1) is 25.9 Å². The van der Waals surface area contributed by atoms with E-state index in [-0.39, 0.29) is 0 Å². The summed E-state index contributed by atoms with van der Waals surface area (Å²) in [6, 6.07) is 0. The van der Waals surface area contributed by atoms with Crippen molar-refractivity contribution in [3.8, 4) is 0 Å². The van der Waals surface area contributed by atoms with E-state index in [0.29, 0.717) is 33.0 Å². The molecule has 0 saturated carbocycles. The molecule has 1 unspecified atom stereocenters. The zero-order valence-corrected chi connectivity index (χ0v) is 10.7. The molecule has 0 heterocycles. The van der Waals surface area contributed by atoms with Crippen molar-refractivity contribution < 1.29 is 14.6 Å². The van der Waals surface area contributed by atoms with Crippen molar-refractivity contribution in [3.63, 3.8) is 0 Å². The van der Waals surface area contributed by atoms with E-state index in [0.717, 1.165) is 6.54 Å². The third-order valence-corrected chi connectivity index (χ3v) is 1.92. The van der Waals surface area contributed by atoms with Crippen LogP contribution in [-0.2, 0) is 9.47 Å². The minimum atomic E-state index is -0.452. The topological polar surface area (TPSA) is 50.7 Å². The molecule has 0 rings (SSSR count). The molecule has 4 nitrogen and oxygen atoms in total. The lowest BCUT2D eigenvalue weighted by molar-refractivity contribution is 0.00678. The van der Waals surface area contributed by atoms with E-state index in [4.69, 9.17) is 9.47 Å². The van der Waals surface area contributed by atoms with Gasteiger partial charge in [0.25, 0.3) is 0 Å². The molecule has 96 valence electrons. The lowest BCUT2D eigenvalue weighted by atomic mass is 10.3. The maximum Gasteiger partial charge on any atom is 0.0897 e. The van der Waals surface area contributed by atoms with Crippen molar-refractivity contribution in [1.82, 2.24) is 5.32 Å². The molecule has 4 heteroatoms. The van der Waals surface area contributed by atoms with Gasteiger partial charge in [-0.2, -0.15) is 0 Å². The predicted octanol–water partition coefficient (Wildman–Crippen LogP) is 0.956. The summed E-state index contributed by atoms with van der Waals surface area (Å²) in [5, 5.41) is 12.7. The molecular formula is C12H25NO3. The molecule has 0 amide bonds. The first-order chi connectivity index (χ1) is 7.66. The Morgan fingerprint density at radius 3 is 2.62 bits per heavy atom. The van der Waals surface area contributed by atoms with Gasteiger partial charge in [0.1, 0.15) is 0 Å². The fraction of sp³-hybridized carbons (Fsp3) is 0.833. The monoisotopic (exact) mass is 231 g/mol. The number of hydrogen-bond acceptors (Lipinski definition) is 4. The minimum absolute atomic E-state index is 0.356. The van der Waals surface area contributed by atoms with Gasteiger partial charge in [0.2, 0.25) is 0 Å². The normalized spacial score (nSPS) is 12.5. The lowest BCUT2D eigenvalue weighted by Gasteiger charge is -2.11. The van der Waals surface area contributed by atoms with Gasteiger partial charge in [0, 0.05) is 19.7 Å². The smallest absolute Gasteiger partial charge is 0.0897 e. The average Bonchev–Trinajstić information content (AvgIpc) is 2.24. The van der Waals surface area contributed by atoms with Gasteiger partial charge in [-0.25, -0.2) is 0 Å². The van der Waals surface area contributed by atoms with E-state index in [1.807, 2.05) is 6.92 Å². The summed E-state index contributed by atoms with van der Waals surface area (Å²) in [4.78, 5) is 0. The standard InChI is InChI=1S/C12H25NO3/c1-4-15-7-8-16-10-12(14)9-13-6-5-11(2)3/h5,12-14H,4,6-10H2,1-3H3. The summed E-state index contributed by atoms with van der Waals surface area (Å²) in [5.41, 5.74) is 1.27. The van der Waals surface area contributed by atoms with Crippen molar-refractivity contribution in [3.05, 3.63) is 11.6 Å².